The first-order valence-electron chi connectivity index (χ1n) is 26.5. The van der Waals surface area contributed by atoms with Gasteiger partial charge in [0.25, 0.3) is 0 Å². The van der Waals surface area contributed by atoms with Gasteiger partial charge in [-0.25, -0.2) is 0 Å². The van der Waals surface area contributed by atoms with Crippen LogP contribution in [0, 0.1) is 0 Å². The number of hydrogen-bond donors (Lipinski definition) is 3. The summed E-state index contributed by atoms with van der Waals surface area (Å²) >= 11 is 0. The van der Waals surface area contributed by atoms with Crippen molar-refractivity contribution in [1.82, 2.24) is 5.32 Å². The highest BCUT2D eigenvalue weighted by Gasteiger charge is 2.23. The maximum Gasteiger partial charge on any atom is 0.306 e. The first-order valence-corrected chi connectivity index (χ1v) is 26.5. The van der Waals surface area contributed by atoms with Gasteiger partial charge in [-0.1, -0.05) is 255 Å². The van der Waals surface area contributed by atoms with Gasteiger partial charge in [-0.3, -0.25) is 9.59 Å². The molecular weight excluding hydrogens is 767 g/mol. The molecule has 0 aromatic carbocycles. The summed E-state index contributed by atoms with van der Waals surface area (Å²) in [7, 11) is 0. The number of aliphatic hydroxyl groups is 2. The van der Waals surface area contributed by atoms with Crippen molar-refractivity contribution in [1.29, 1.82) is 0 Å². The van der Waals surface area contributed by atoms with Crippen molar-refractivity contribution in [3.8, 4) is 0 Å². The molecule has 0 fully saturated rings. The van der Waals surface area contributed by atoms with Crippen LogP contribution in [0.2, 0.25) is 0 Å². The zero-order chi connectivity index (χ0) is 45.2. The van der Waals surface area contributed by atoms with Gasteiger partial charge in [0, 0.05) is 12.8 Å². The monoisotopic (exact) mass is 868 g/mol. The van der Waals surface area contributed by atoms with E-state index in [0.717, 1.165) is 70.6 Å². The van der Waals surface area contributed by atoms with E-state index >= 15 is 0 Å². The fourth-order valence-electron chi connectivity index (χ4n) is 7.87. The molecule has 0 spiro atoms. The summed E-state index contributed by atoms with van der Waals surface area (Å²) in [5.41, 5.74) is 0. The van der Waals surface area contributed by atoms with E-state index in [4.69, 9.17) is 4.74 Å². The van der Waals surface area contributed by atoms with Crippen molar-refractivity contribution in [2.75, 3.05) is 6.61 Å². The Morgan fingerprint density at radius 2 is 0.839 bits per heavy atom. The predicted molar refractivity (Wildman–Crippen MR) is 268 cm³/mol. The van der Waals surface area contributed by atoms with Gasteiger partial charge in [0.2, 0.25) is 5.91 Å². The number of rotatable bonds is 47. The highest BCUT2D eigenvalue weighted by Crippen LogP contribution is 2.17. The van der Waals surface area contributed by atoms with Crippen LogP contribution >= 0.6 is 0 Å². The maximum atomic E-state index is 13.2. The van der Waals surface area contributed by atoms with Gasteiger partial charge in [-0.2, -0.15) is 0 Å². The topological polar surface area (TPSA) is 95.9 Å². The summed E-state index contributed by atoms with van der Waals surface area (Å²) < 4.78 is 5.88. The standard InChI is InChI=1S/C56H101NO5/c1-4-7-10-13-16-19-22-24-26-27-28-30-32-34-37-40-43-46-49-56(61)62-52(47-44-41-38-35-33-31-29-25-23-20-17-14-11-8-5-2)50-55(60)57-53(51-58)54(59)48-45-42-39-36-21-18-15-12-9-6-3/h8,11,17,20,25,29,33,35,41,44,52-54,58-59H,4-7,9-10,12-16,18-19,21-24,26-28,30-32,34,36-40,42-43,45-51H2,1-3H3,(H,57,60)/b11-8-,20-17-,29-25-,35-33-,44-41-. The number of ether oxygens (including phenoxy) is 1. The lowest BCUT2D eigenvalue weighted by Crippen LogP contribution is -2.46. The Balaban J connectivity index is 4.65. The quantitative estimate of drug-likeness (QED) is 0.0322. The van der Waals surface area contributed by atoms with Crippen molar-refractivity contribution >= 4 is 11.9 Å². The molecule has 0 aliphatic rings. The first-order chi connectivity index (χ1) is 30.5. The number of hydrogen-bond acceptors (Lipinski definition) is 5. The van der Waals surface area contributed by atoms with Crippen LogP contribution < -0.4 is 5.32 Å². The molecule has 0 aliphatic heterocycles. The Morgan fingerprint density at radius 3 is 1.23 bits per heavy atom. The van der Waals surface area contributed by atoms with Gasteiger partial charge in [0.05, 0.1) is 25.2 Å². The lowest BCUT2D eigenvalue weighted by atomic mass is 10.0. The Kier molecular flexibility index (Phi) is 47.6. The van der Waals surface area contributed by atoms with E-state index in [1.165, 1.54) is 141 Å². The van der Waals surface area contributed by atoms with E-state index in [0.29, 0.717) is 19.3 Å². The van der Waals surface area contributed by atoms with E-state index in [2.05, 4.69) is 80.8 Å². The largest absolute Gasteiger partial charge is 0.461 e. The predicted octanol–water partition coefficient (Wildman–Crippen LogP) is 16.0. The molecule has 0 heterocycles. The van der Waals surface area contributed by atoms with Gasteiger partial charge in [0.1, 0.15) is 6.10 Å². The normalized spacial score (nSPS) is 13.7. The summed E-state index contributed by atoms with van der Waals surface area (Å²) in [6, 6.07) is -0.731. The molecule has 6 heteroatoms. The van der Waals surface area contributed by atoms with Crippen LogP contribution in [0.1, 0.15) is 258 Å². The van der Waals surface area contributed by atoms with Crippen LogP contribution in [0.15, 0.2) is 60.8 Å². The highest BCUT2D eigenvalue weighted by atomic mass is 16.5. The van der Waals surface area contributed by atoms with Gasteiger partial charge in [-0.05, 0) is 44.9 Å². The fourth-order valence-corrected chi connectivity index (χ4v) is 7.87. The number of aliphatic hydroxyl groups excluding tert-OH is 2. The van der Waals surface area contributed by atoms with Gasteiger partial charge < -0.3 is 20.3 Å². The summed E-state index contributed by atoms with van der Waals surface area (Å²) in [6.07, 6.45) is 61.6. The molecule has 3 atom stereocenters. The van der Waals surface area contributed by atoms with Crippen molar-refractivity contribution < 1.29 is 24.5 Å². The Morgan fingerprint density at radius 1 is 0.484 bits per heavy atom. The van der Waals surface area contributed by atoms with Crippen LogP contribution in [0.3, 0.4) is 0 Å². The lowest BCUT2D eigenvalue weighted by molar-refractivity contribution is -0.150. The van der Waals surface area contributed by atoms with Gasteiger partial charge in [0.15, 0.2) is 0 Å². The van der Waals surface area contributed by atoms with Crippen molar-refractivity contribution in [3.63, 3.8) is 0 Å². The molecule has 0 rings (SSSR count). The molecule has 0 saturated heterocycles. The van der Waals surface area contributed by atoms with Crippen LogP contribution in [-0.2, 0) is 14.3 Å². The second-order valence-electron chi connectivity index (χ2n) is 17.9. The zero-order valence-corrected chi connectivity index (χ0v) is 41.0. The molecule has 0 bridgehead atoms. The molecular formula is C56H101NO5. The van der Waals surface area contributed by atoms with Crippen molar-refractivity contribution in [2.24, 2.45) is 0 Å². The average molecular weight is 868 g/mol. The van der Waals surface area contributed by atoms with Crippen molar-refractivity contribution in [2.45, 2.75) is 277 Å². The number of amides is 1. The van der Waals surface area contributed by atoms with Crippen LogP contribution in [0.4, 0.5) is 0 Å². The van der Waals surface area contributed by atoms with Gasteiger partial charge in [-0.15, -0.1) is 0 Å². The Hall–Kier alpha value is -2.44. The number of carbonyl (C=O) groups excluding carboxylic acids is 2. The Bertz CT molecular complexity index is 1110. The fraction of sp³-hybridized carbons (Fsp3) is 0.786. The molecule has 0 aromatic rings. The minimum atomic E-state index is -0.811. The van der Waals surface area contributed by atoms with E-state index in [-0.39, 0.29) is 24.9 Å². The highest BCUT2D eigenvalue weighted by molar-refractivity contribution is 5.77. The van der Waals surface area contributed by atoms with E-state index < -0.39 is 18.2 Å². The average Bonchev–Trinajstić information content (AvgIpc) is 3.26. The van der Waals surface area contributed by atoms with Gasteiger partial charge >= 0.3 is 5.97 Å². The molecule has 3 unspecified atom stereocenters. The summed E-state index contributed by atoms with van der Waals surface area (Å²) in [5, 5.41) is 23.7. The number of allylic oxidation sites excluding steroid dienone is 9. The van der Waals surface area contributed by atoms with E-state index in [1.54, 1.807) is 0 Å². The second kappa shape index (κ2) is 49.6. The molecule has 360 valence electrons. The molecule has 0 aliphatic carbocycles. The smallest absolute Gasteiger partial charge is 0.306 e. The Labute approximate surface area is 384 Å². The number of carbonyl (C=O) groups is 2. The SMILES string of the molecule is CC/C=C\C/C=C\C/C=C\C/C=C\C/C=C\CC(CC(=O)NC(CO)C(O)CCCCCCCCCCCC)OC(=O)CCCCCCCCCCCCCCCCCCCC. The lowest BCUT2D eigenvalue weighted by Gasteiger charge is -2.24. The maximum absolute atomic E-state index is 13.2. The summed E-state index contributed by atoms with van der Waals surface area (Å²) in [4.78, 5) is 26.1. The number of nitrogens with one attached hydrogen (secondary N) is 1. The van der Waals surface area contributed by atoms with E-state index in [1.807, 2.05) is 6.08 Å². The van der Waals surface area contributed by atoms with Crippen LogP contribution in [0.5, 0.6) is 0 Å². The van der Waals surface area contributed by atoms with Crippen LogP contribution in [0.25, 0.3) is 0 Å². The van der Waals surface area contributed by atoms with E-state index in [9.17, 15) is 19.8 Å². The minimum Gasteiger partial charge on any atom is -0.461 e. The molecule has 0 radical (unpaired) electrons. The molecule has 0 saturated carbocycles. The number of esters is 1. The molecule has 3 N–H and O–H groups in total. The molecule has 1 amide bonds. The minimum absolute atomic E-state index is 0.000647. The third kappa shape index (κ3) is 44.2. The number of unbranched alkanes of at least 4 members (excludes halogenated alkanes) is 26. The first kappa shape index (κ1) is 59.6. The van der Waals surface area contributed by atoms with Crippen molar-refractivity contribution in [3.05, 3.63) is 60.8 Å². The summed E-state index contributed by atoms with van der Waals surface area (Å²) in [5.74, 6) is -0.573. The zero-order valence-electron chi connectivity index (χ0n) is 41.0. The third-order valence-corrected chi connectivity index (χ3v) is 11.9. The van der Waals surface area contributed by atoms with Crippen LogP contribution in [-0.4, -0.2) is 46.9 Å². The molecule has 6 nitrogen and oxygen atoms in total. The summed E-state index contributed by atoms with van der Waals surface area (Å²) in [6.45, 7) is 6.34. The second-order valence-corrected chi connectivity index (χ2v) is 17.9. The molecule has 0 aromatic heterocycles. The third-order valence-electron chi connectivity index (χ3n) is 11.9. The molecule has 62 heavy (non-hydrogen) atoms.